The maximum absolute atomic E-state index is 13.0. The minimum atomic E-state index is -0.360. The minimum absolute atomic E-state index is 0.347. The lowest BCUT2D eigenvalue weighted by atomic mass is 9.89. The number of benzene rings is 3. The molecule has 2 aliphatic heterocycles. The number of fused-ring (bicyclic) bond motifs is 5. The Morgan fingerprint density at radius 2 is 1.68 bits per heavy atom. The number of aromatic nitrogens is 1. The smallest absolute Gasteiger partial charge is 0.259 e. The van der Waals surface area contributed by atoms with Gasteiger partial charge in [-0.2, -0.15) is 0 Å². The number of nitrogens with two attached hydrogens (primary N) is 1. The van der Waals surface area contributed by atoms with Crippen LogP contribution in [0.1, 0.15) is 45.5 Å². The van der Waals surface area contributed by atoms with Crippen molar-refractivity contribution in [3.63, 3.8) is 0 Å². The van der Waals surface area contributed by atoms with Crippen LogP contribution >= 0.6 is 0 Å². The number of piperidine rings is 1. The van der Waals surface area contributed by atoms with Gasteiger partial charge in [-0.3, -0.25) is 14.9 Å². The number of nitrogens with zero attached hydrogens (tertiary/aromatic N) is 2. The van der Waals surface area contributed by atoms with E-state index in [2.05, 4.69) is 22.3 Å². The lowest BCUT2D eigenvalue weighted by Gasteiger charge is -2.26. The van der Waals surface area contributed by atoms with Crippen LogP contribution in [0.15, 0.2) is 48.7 Å². The van der Waals surface area contributed by atoms with Crippen LogP contribution in [0.2, 0.25) is 0 Å². The average molecular weight is 453 g/mol. The summed E-state index contributed by atoms with van der Waals surface area (Å²) in [6, 6.07) is 14.1. The van der Waals surface area contributed by atoms with E-state index in [1.807, 2.05) is 48.1 Å². The molecule has 3 aromatic carbocycles. The summed E-state index contributed by atoms with van der Waals surface area (Å²) >= 11 is 0. The normalized spacial score (nSPS) is 16.4. The molecule has 4 aromatic rings. The number of hydrogen-bond donors (Lipinski definition) is 2. The zero-order chi connectivity index (χ0) is 23.4. The van der Waals surface area contributed by atoms with Crippen molar-refractivity contribution in [2.75, 3.05) is 25.4 Å². The van der Waals surface area contributed by atoms with E-state index in [4.69, 9.17) is 5.73 Å². The largest absolute Gasteiger partial charge is 0.398 e. The number of aryl methyl sites for hydroxylation is 1. The molecule has 1 saturated heterocycles. The number of para-hydroxylation sites is 1. The van der Waals surface area contributed by atoms with Crippen LogP contribution in [0.25, 0.3) is 32.8 Å². The number of hydrogen-bond acceptors (Lipinski definition) is 4. The molecule has 0 atom stereocenters. The molecule has 2 aliphatic rings. The zero-order valence-electron chi connectivity index (χ0n) is 19.4. The molecule has 0 unspecified atom stereocenters. The zero-order valence-corrected chi connectivity index (χ0v) is 19.4. The molecule has 172 valence electrons. The number of anilines is 1. The van der Waals surface area contributed by atoms with Crippen LogP contribution in [-0.2, 0) is 13.5 Å². The number of amides is 2. The van der Waals surface area contributed by atoms with E-state index in [9.17, 15) is 9.59 Å². The van der Waals surface area contributed by atoms with Crippen molar-refractivity contribution in [1.82, 2.24) is 14.8 Å². The SMILES string of the molecule is Cn1ccc2ccc3cc(-c4cccc(CCN5CCCCC5)c4N)c4c(c3c21)C(=O)NC4=O. The molecular formula is C28H28N4O2. The summed E-state index contributed by atoms with van der Waals surface area (Å²) in [5, 5.41) is 5.30. The Kier molecular flexibility index (Phi) is 4.92. The maximum Gasteiger partial charge on any atom is 0.259 e. The van der Waals surface area contributed by atoms with Gasteiger partial charge in [-0.25, -0.2) is 0 Å². The van der Waals surface area contributed by atoms with Crippen molar-refractivity contribution in [2.45, 2.75) is 25.7 Å². The van der Waals surface area contributed by atoms with Gasteiger partial charge >= 0.3 is 0 Å². The first kappa shape index (κ1) is 20.9. The molecule has 6 heteroatoms. The lowest BCUT2D eigenvalue weighted by Crippen LogP contribution is -2.31. The van der Waals surface area contributed by atoms with Gasteiger partial charge in [0.25, 0.3) is 11.8 Å². The molecule has 3 heterocycles. The molecule has 6 nitrogen and oxygen atoms in total. The van der Waals surface area contributed by atoms with E-state index in [-0.39, 0.29) is 11.8 Å². The van der Waals surface area contributed by atoms with E-state index in [1.165, 1.54) is 19.3 Å². The summed E-state index contributed by atoms with van der Waals surface area (Å²) in [6.45, 7) is 3.27. The summed E-state index contributed by atoms with van der Waals surface area (Å²) < 4.78 is 2.00. The van der Waals surface area contributed by atoms with E-state index in [1.54, 1.807) is 0 Å². The van der Waals surface area contributed by atoms with Crippen LogP contribution in [0.5, 0.6) is 0 Å². The number of imide groups is 1. The third-order valence-corrected chi connectivity index (χ3v) is 7.45. The third-order valence-electron chi connectivity index (χ3n) is 7.45. The van der Waals surface area contributed by atoms with Gasteiger partial charge in [0, 0.05) is 41.8 Å². The van der Waals surface area contributed by atoms with Gasteiger partial charge in [0.1, 0.15) is 0 Å². The van der Waals surface area contributed by atoms with E-state index >= 15 is 0 Å². The second-order valence-corrected chi connectivity index (χ2v) is 9.52. The van der Waals surface area contributed by atoms with E-state index in [0.717, 1.165) is 64.4 Å². The molecule has 1 aromatic heterocycles. The number of nitrogen functional groups attached to an aromatic ring is 1. The van der Waals surface area contributed by atoms with Crippen LogP contribution < -0.4 is 11.1 Å². The standard InChI is InChI=1S/C28H28N4O2/c1-31-14-10-18-8-9-19-16-21(23-24(22(19)26(18)31)28(34)30-27(23)33)20-7-5-6-17(25(20)29)11-15-32-12-3-2-4-13-32/h5-10,14,16H,2-4,11-13,15,29H2,1H3,(H,30,33,34). The molecular weight excluding hydrogens is 424 g/mol. The molecule has 0 spiro atoms. The molecule has 34 heavy (non-hydrogen) atoms. The lowest BCUT2D eigenvalue weighted by molar-refractivity contribution is 0.0880. The number of carbonyl (C=O) groups excluding carboxylic acids is 2. The minimum Gasteiger partial charge on any atom is -0.398 e. The van der Waals surface area contributed by atoms with Gasteiger partial charge in [0.15, 0.2) is 0 Å². The summed E-state index contributed by atoms with van der Waals surface area (Å²) in [5.41, 5.74) is 11.8. The Morgan fingerprint density at radius 1 is 0.912 bits per heavy atom. The van der Waals surface area contributed by atoms with Crippen LogP contribution in [0.3, 0.4) is 0 Å². The molecule has 3 N–H and O–H groups in total. The fourth-order valence-corrected chi connectivity index (χ4v) is 5.71. The van der Waals surface area contributed by atoms with E-state index < -0.39 is 0 Å². The Bertz CT molecular complexity index is 1480. The second kappa shape index (κ2) is 7.99. The molecule has 0 aliphatic carbocycles. The van der Waals surface area contributed by atoms with Gasteiger partial charge in [-0.15, -0.1) is 0 Å². The highest BCUT2D eigenvalue weighted by Crippen LogP contribution is 2.41. The van der Waals surface area contributed by atoms with Crippen molar-refractivity contribution < 1.29 is 9.59 Å². The highest BCUT2D eigenvalue weighted by molar-refractivity contribution is 6.32. The maximum atomic E-state index is 13.0. The fourth-order valence-electron chi connectivity index (χ4n) is 5.71. The average Bonchev–Trinajstić information content (AvgIpc) is 3.37. The first-order valence-corrected chi connectivity index (χ1v) is 12.0. The third kappa shape index (κ3) is 3.21. The summed E-state index contributed by atoms with van der Waals surface area (Å²) in [4.78, 5) is 28.5. The fraction of sp³-hybridized carbons (Fsp3) is 0.286. The first-order valence-electron chi connectivity index (χ1n) is 12.0. The van der Waals surface area contributed by atoms with Crippen LogP contribution in [-0.4, -0.2) is 40.9 Å². The summed E-state index contributed by atoms with van der Waals surface area (Å²) in [6.07, 6.45) is 6.68. The van der Waals surface area contributed by atoms with Gasteiger partial charge < -0.3 is 15.2 Å². The van der Waals surface area contributed by atoms with Crippen molar-refractivity contribution in [1.29, 1.82) is 0 Å². The molecule has 6 rings (SSSR count). The van der Waals surface area contributed by atoms with Gasteiger partial charge in [0.2, 0.25) is 0 Å². The predicted octanol–water partition coefficient (Wildman–Crippen LogP) is 4.49. The Balaban J connectivity index is 1.51. The first-order chi connectivity index (χ1) is 16.5. The van der Waals surface area contributed by atoms with Gasteiger partial charge in [-0.1, -0.05) is 36.8 Å². The highest BCUT2D eigenvalue weighted by atomic mass is 16.2. The molecule has 2 amide bonds. The van der Waals surface area contributed by atoms with Crippen molar-refractivity contribution >= 4 is 39.2 Å². The van der Waals surface area contributed by atoms with Crippen molar-refractivity contribution in [2.24, 2.45) is 7.05 Å². The van der Waals surface area contributed by atoms with E-state index in [0.29, 0.717) is 16.8 Å². The van der Waals surface area contributed by atoms with Crippen LogP contribution in [0.4, 0.5) is 5.69 Å². The molecule has 0 saturated carbocycles. The number of rotatable bonds is 4. The highest BCUT2D eigenvalue weighted by Gasteiger charge is 2.34. The summed E-state index contributed by atoms with van der Waals surface area (Å²) in [7, 11) is 1.96. The Hall–Kier alpha value is -3.64. The monoisotopic (exact) mass is 452 g/mol. The second-order valence-electron chi connectivity index (χ2n) is 9.52. The van der Waals surface area contributed by atoms with Crippen molar-refractivity contribution in [3.8, 4) is 11.1 Å². The Labute approximate surface area is 198 Å². The van der Waals surface area contributed by atoms with Crippen molar-refractivity contribution in [3.05, 3.63) is 65.4 Å². The van der Waals surface area contributed by atoms with Gasteiger partial charge in [-0.05, 0) is 61.0 Å². The Morgan fingerprint density at radius 3 is 2.50 bits per heavy atom. The molecule has 0 radical (unpaired) electrons. The predicted molar refractivity (Wildman–Crippen MR) is 136 cm³/mol. The quantitative estimate of drug-likeness (QED) is 0.353. The number of nitrogens with one attached hydrogen (secondary N) is 1. The topological polar surface area (TPSA) is 80.4 Å². The molecule has 0 bridgehead atoms. The van der Waals surface area contributed by atoms with Crippen LogP contribution in [0, 0.1) is 0 Å². The molecule has 1 fully saturated rings. The summed E-state index contributed by atoms with van der Waals surface area (Å²) in [5.74, 6) is -0.707. The van der Waals surface area contributed by atoms with Gasteiger partial charge in [0.05, 0.1) is 16.6 Å². The number of carbonyl (C=O) groups is 2. The number of likely N-dealkylation sites (tertiary alicyclic amines) is 1.